The number of carboxylic acid groups (broad SMARTS) is 1. The minimum atomic E-state index is -1.05. The van der Waals surface area contributed by atoms with Crippen molar-refractivity contribution in [3.8, 4) is 5.75 Å². The van der Waals surface area contributed by atoms with E-state index in [1.807, 2.05) is 0 Å². The van der Waals surface area contributed by atoms with Crippen molar-refractivity contribution in [1.29, 1.82) is 0 Å². The predicted molar refractivity (Wildman–Crippen MR) is 63.9 cm³/mol. The Labute approximate surface area is 104 Å². The minimum Gasteiger partial charge on any atom is -0.493 e. The molecule has 0 unspecified atom stereocenters. The van der Waals surface area contributed by atoms with Gasteiger partial charge in [0.15, 0.2) is 0 Å². The molecule has 0 spiro atoms. The lowest BCUT2D eigenvalue weighted by molar-refractivity contribution is -0.384. The lowest BCUT2D eigenvalue weighted by atomic mass is 10.3. The lowest BCUT2D eigenvalue weighted by Crippen LogP contribution is -2.22. The average molecular weight is 254 g/mol. The number of hydrogen-bond donors (Lipinski definition) is 2. The van der Waals surface area contributed by atoms with Gasteiger partial charge in [-0.3, -0.25) is 10.1 Å². The van der Waals surface area contributed by atoms with Crippen LogP contribution in [0.4, 0.5) is 10.5 Å². The molecule has 1 aromatic carbocycles. The van der Waals surface area contributed by atoms with E-state index in [0.717, 1.165) is 0 Å². The number of nitro groups is 1. The van der Waals surface area contributed by atoms with Crippen LogP contribution in [0.5, 0.6) is 5.75 Å². The van der Waals surface area contributed by atoms with Crippen molar-refractivity contribution >= 4 is 11.8 Å². The number of nitro benzene ring substituents is 1. The predicted octanol–water partition coefficient (Wildman–Crippen LogP) is 2.02. The Morgan fingerprint density at radius 1 is 1.44 bits per heavy atom. The van der Waals surface area contributed by atoms with Crippen LogP contribution in [0, 0.1) is 10.1 Å². The van der Waals surface area contributed by atoms with Crippen LogP contribution in [-0.4, -0.2) is 29.3 Å². The van der Waals surface area contributed by atoms with Crippen LogP contribution >= 0.6 is 0 Å². The van der Waals surface area contributed by atoms with Gasteiger partial charge in [0, 0.05) is 12.6 Å². The van der Waals surface area contributed by atoms with Crippen LogP contribution in [0.2, 0.25) is 0 Å². The maximum Gasteiger partial charge on any atom is 0.404 e. The van der Waals surface area contributed by atoms with Crippen molar-refractivity contribution in [3.05, 3.63) is 34.4 Å². The Morgan fingerprint density at radius 3 is 2.89 bits per heavy atom. The summed E-state index contributed by atoms with van der Waals surface area (Å²) in [5.41, 5.74) is -0.0138. The van der Waals surface area contributed by atoms with Gasteiger partial charge in [0.25, 0.3) is 5.69 Å². The number of carbonyl (C=O) groups is 1. The smallest absolute Gasteiger partial charge is 0.404 e. The number of unbranched alkanes of at least 4 members (excludes halogenated alkanes) is 1. The molecule has 7 nitrogen and oxygen atoms in total. The maximum absolute atomic E-state index is 10.5. The Kier molecular flexibility index (Phi) is 5.43. The fraction of sp³-hybridized carbons (Fsp3) is 0.364. The van der Waals surface area contributed by atoms with Gasteiger partial charge in [0.2, 0.25) is 0 Å². The molecule has 98 valence electrons. The number of nitrogens with one attached hydrogen (secondary N) is 1. The van der Waals surface area contributed by atoms with Crippen LogP contribution in [-0.2, 0) is 0 Å². The van der Waals surface area contributed by atoms with E-state index in [4.69, 9.17) is 9.84 Å². The third-order valence-corrected chi connectivity index (χ3v) is 2.14. The number of rotatable bonds is 7. The molecule has 0 fully saturated rings. The van der Waals surface area contributed by atoms with Crippen molar-refractivity contribution in [1.82, 2.24) is 5.32 Å². The SMILES string of the molecule is O=C(O)NCCCCOc1cccc([N+](=O)[O-])c1. The van der Waals surface area contributed by atoms with Crippen molar-refractivity contribution < 1.29 is 19.6 Å². The van der Waals surface area contributed by atoms with Crippen LogP contribution in [0.1, 0.15) is 12.8 Å². The van der Waals surface area contributed by atoms with E-state index in [-0.39, 0.29) is 5.69 Å². The van der Waals surface area contributed by atoms with Crippen molar-refractivity contribution in [2.75, 3.05) is 13.2 Å². The molecule has 2 N–H and O–H groups in total. The fourth-order valence-corrected chi connectivity index (χ4v) is 1.30. The Balaban J connectivity index is 2.25. The van der Waals surface area contributed by atoms with Gasteiger partial charge in [-0.05, 0) is 18.9 Å². The second kappa shape index (κ2) is 7.10. The Bertz CT molecular complexity index is 422. The van der Waals surface area contributed by atoms with E-state index in [1.165, 1.54) is 12.1 Å². The molecule has 0 heterocycles. The molecule has 0 radical (unpaired) electrons. The summed E-state index contributed by atoms with van der Waals surface area (Å²) in [5.74, 6) is 0.440. The Hall–Kier alpha value is -2.31. The molecule has 0 bridgehead atoms. The van der Waals surface area contributed by atoms with Crippen LogP contribution in [0.25, 0.3) is 0 Å². The zero-order valence-corrected chi connectivity index (χ0v) is 9.67. The van der Waals surface area contributed by atoms with E-state index in [2.05, 4.69) is 5.32 Å². The number of nitrogens with zero attached hydrogens (tertiary/aromatic N) is 1. The molecule has 0 saturated heterocycles. The number of amides is 1. The van der Waals surface area contributed by atoms with Crippen LogP contribution in [0.3, 0.4) is 0 Å². The van der Waals surface area contributed by atoms with Gasteiger partial charge in [-0.1, -0.05) is 6.07 Å². The molecule has 0 aliphatic carbocycles. The topological polar surface area (TPSA) is 102 Å². The largest absolute Gasteiger partial charge is 0.493 e. The summed E-state index contributed by atoms with van der Waals surface area (Å²) in [6, 6.07) is 5.95. The number of benzene rings is 1. The summed E-state index contributed by atoms with van der Waals surface area (Å²) in [6.07, 6.45) is 0.277. The van der Waals surface area contributed by atoms with E-state index >= 15 is 0 Å². The second-order valence-electron chi connectivity index (χ2n) is 3.54. The van der Waals surface area contributed by atoms with E-state index in [9.17, 15) is 14.9 Å². The normalized spacial score (nSPS) is 9.78. The number of non-ortho nitro benzene ring substituents is 1. The van der Waals surface area contributed by atoms with Crippen molar-refractivity contribution in [3.63, 3.8) is 0 Å². The molecule has 18 heavy (non-hydrogen) atoms. The number of ether oxygens (including phenoxy) is 1. The van der Waals surface area contributed by atoms with Crippen molar-refractivity contribution in [2.45, 2.75) is 12.8 Å². The van der Waals surface area contributed by atoms with Gasteiger partial charge < -0.3 is 15.2 Å². The summed E-state index contributed by atoms with van der Waals surface area (Å²) in [6.45, 7) is 0.760. The van der Waals surface area contributed by atoms with Gasteiger partial charge in [0.05, 0.1) is 17.6 Å². The molecule has 0 atom stereocenters. The second-order valence-corrected chi connectivity index (χ2v) is 3.54. The third kappa shape index (κ3) is 5.15. The molecule has 1 aromatic rings. The molecule has 0 aliphatic rings. The highest BCUT2D eigenvalue weighted by Gasteiger charge is 2.05. The summed E-state index contributed by atoms with van der Waals surface area (Å²) >= 11 is 0. The minimum absolute atomic E-state index is 0.0138. The standard InChI is InChI=1S/C11H14N2O5/c14-11(15)12-6-1-2-7-18-10-5-3-4-9(8-10)13(16)17/h3-5,8,12H,1-2,6-7H2,(H,14,15). The van der Waals surface area contributed by atoms with E-state index < -0.39 is 11.0 Å². The van der Waals surface area contributed by atoms with Gasteiger partial charge in [-0.15, -0.1) is 0 Å². The van der Waals surface area contributed by atoms with E-state index in [1.54, 1.807) is 12.1 Å². The molecule has 0 saturated carbocycles. The first-order valence-corrected chi connectivity index (χ1v) is 5.43. The first-order valence-electron chi connectivity index (χ1n) is 5.43. The molecule has 1 amide bonds. The molecular formula is C11H14N2O5. The molecule has 7 heteroatoms. The first kappa shape index (κ1) is 13.8. The van der Waals surface area contributed by atoms with E-state index in [0.29, 0.717) is 31.7 Å². The summed E-state index contributed by atoms with van der Waals surface area (Å²) in [7, 11) is 0. The van der Waals surface area contributed by atoms with Gasteiger partial charge in [-0.2, -0.15) is 0 Å². The van der Waals surface area contributed by atoms with Crippen LogP contribution in [0.15, 0.2) is 24.3 Å². The Morgan fingerprint density at radius 2 is 2.22 bits per heavy atom. The monoisotopic (exact) mass is 254 g/mol. The highest BCUT2D eigenvalue weighted by atomic mass is 16.6. The first-order chi connectivity index (χ1) is 8.59. The summed E-state index contributed by atoms with van der Waals surface area (Å²) in [5, 5.41) is 21.1. The summed E-state index contributed by atoms with van der Waals surface area (Å²) < 4.78 is 5.32. The molecule has 0 aliphatic heterocycles. The van der Waals surface area contributed by atoms with Crippen LogP contribution < -0.4 is 10.1 Å². The molecule has 1 rings (SSSR count). The fourth-order valence-electron chi connectivity index (χ4n) is 1.30. The van der Waals surface area contributed by atoms with Gasteiger partial charge in [0.1, 0.15) is 5.75 Å². The van der Waals surface area contributed by atoms with Crippen molar-refractivity contribution in [2.24, 2.45) is 0 Å². The van der Waals surface area contributed by atoms with Gasteiger partial charge >= 0.3 is 6.09 Å². The lowest BCUT2D eigenvalue weighted by Gasteiger charge is -2.05. The highest BCUT2D eigenvalue weighted by molar-refractivity contribution is 5.64. The molecular weight excluding hydrogens is 240 g/mol. The third-order valence-electron chi connectivity index (χ3n) is 2.14. The number of hydrogen-bond acceptors (Lipinski definition) is 4. The maximum atomic E-state index is 10.5. The van der Waals surface area contributed by atoms with Gasteiger partial charge in [-0.25, -0.2) is 4.79 Å². The summed E-state index contributed by atoms with van der Waals surface area (Å²) in [4.78, 5) is 20.2. The highest BCUT2D eigenvalue weighted by Crippen LogP contribution is 2.19. The zero-order chi connectivity index (χ0) is 13.4. The zero-order valence-electron chi connectivity index (χ0n) is 9.67. The molecule has 0 aromatic heterocycles. The average Bonchev–Trinajstić information content (AvgIpc) is 2.33. The quantitative estimate of drug-likeness (QED) is 0.440.